The Morgan fingerprint density at radius 1 is 1.17 bits per heavy atom. The van der Waals surface area contributed by atoms with Gasteiger partial charge in [-0.1, -0.05) is 19.8 Å². The summed E-state index contributed by atoms with van der Waals surface area (Å²) in [6.45, 7) is 8.18. The summed E-state index contributed by atoms with van der Waals surface area (Å²) in [6.07, 6.45) is 3.26. The summed E-state index contributed by atoms with van der Waals surface area (Å²) in [6, 6.07) is 7.21. The Morgan fingerprint density at radius 2 is 1.83 bits per heavy atom. The van der Waals surface area contributed by atoms with Crippen molar-refractivity contribution in [3.05, 3.63) is 24.3 Å². The normalized spacial score (nSPS) is 10.5. The van der Waals surface area contributed by atoms with Gasteiger partial charge in [-0.2, -0.15) is 0 Å². The number of rotatable bonds is 9. The van der Waals surface area contributed by atoms with Gasteiger partial charge in [0.15, 0.2) is 0 Å². The molecule has 0 unspecified atom stereocenters. The standard InChI is InChI=1S/C18H28N2O3/c1-5-6-7-12-19-18(22)13-20(15(4)21)16-8-10-17(11-9-16)23-14(2)3/h8-11,14H,5-7,12-13H2,1-4H3,(H,19,22). The fourth-order valence-electron chi connectivity index (χ4n) is 2.16. The van der Waals surface area contributed by atoms with Crippen LogP contribution in [-0.2, 0) is 9.59 Å². The minimum Gasteiger partial charge on any atom is -0.491 e. The molecule has 0 radical (unpaired) electrons. The number of ether oxygens (including phenoxy) is 1. The second kappa shape index (κ2) is 9.87. The second-order valence-corrected chi connectivity index (χ2v) is 5.82. The van der Waals surface area contributed by atoms with Crippen molar-refractivity contribution in [1.82, 2.24) is 5.32 Å². The van der Waals surface area contributed by atoms with Crippen molar-refractivity contribution < 1.29 is 14.3 Å². The summed E-state index contributed by atoms with van der Waals surface area (Å²) >= 11 is 0. The van der Waals surface area contributed by atoms with Crippen LogP contribution in [0.25, 0.3) is 0 Å². The van der Waals surface area contributed by atoms with Crippen LogP contribution in [0.1, 0.15) is 47.0 Å². The number of hydrogen-bond acceptors (Lipinski definition) is 3. The maximum absolute atomic E-state index is 12.0. The first-order valence-electron chi connectivity index (χ1n) is 8.25. The van der Waals surface area contributed by atoms with Crippen molar-refractivity contribution in [3.8, 4) is 5.75 Å². The van der Waals surface area contributed by atoms with E-state index in [-0.39, 0.29) is 24.5 Å². The summed E-state index contributed by atoms with van der Waals surface area (Å²) < 4.78 is 5.58. The fourth-order valence-corrected chi connectivity index (χ4v) is 2.16. The van der Waals surface area contributed by atoms with Gasteiger partial charge >= 0.3 is 0 Å². The molecule has 1 rings (SSSR count). The van der Waals surface area contributed by atoms with E-state index < -0.39 is 0 Å². The van der Waals surface area contributed by atoms with Gasteiger partial charge in [0.05, 0.1) is 6.10 Å². The molecule has 0 bridgehead atoms. The predicted molar refractivity (Wildman–Crippen MR) is 92.8 cm³/mol. The average molecular weight is 320 g/mol. The van der Waals surface area contributed by atoms with Crippen LogP contribution in [0.3, 0.4) is 0 Å². The maximum atomic E-state index is 12.0. The molecule has 5 heteroatoms. The van der Waals surface area contributed by atoms with Crippen LogP contribution in [0.15, 0.2) is 24.3 Å². The van der Waals surface area contributed by atoms with Crippen molar-refractivity contribution >= 4 is 17.5 Å². The van der Waals surface area contributed by atoms with E-state index in [9.17, 15) is 9.59 Å². The molecular weight excluding hydrogens is 292 g/mol. The number of carbonyl (C=O) groups excluding carboxylic acids is 2. The van der Waals surface area contributed by atoms with Gasteiger partial charge in [-0.15, -0.1) is 0 Å². The molecule has 0 heterocycles. The molecule has 0 saturated carbocycles. The Hall–Kier alpha value is -2.04. The average Bonchev–Trinajstić information content (AvgIpc) is 2.49. The SMILES string of the molecule is CCCCCNC(=O)CN(C(C)=O)c1ccc(OC(C)C)cc1. The molecular formula is C18H28N2O3. The van der Waals surface area contributed by atoms with E-state index >= 15 is 0 Å². The molecule has 0 atom stereocenters. The van der Waals surface area contributed by atoms with Crippen molar-refractivity contribution in [2.75, 3.05) is 18.0 Å². The van der Waals surface area contributed by atoms with E-state index in [2.05, 4.69) is 12.2 Å². The van der Waals surface area contributed by atoms with Crippen LogP contribution >= 0.6 is 0 Å². The van der Waals surface area contributed by atoms with E-state index in [0.717, 1.165) is 25.0 Å². The number of nitrogens with zero attached hydrogens (tertiary/aromatic N) is 1. The lowest BCUT2D eigenvalue weighted by Gasteiger charge is -2.21. The summed E-state index contributed by atoms with van der Waals surface area (Å²) in [4.78, 5) is 25.3. The molecule has 0 spiro atoms. The molecule has 0 aliphatic carbocycles. The zero-order valence-corrected chi connectivity index (χ0v) is 14.6. The van der Waals surface area contributed by atoms with Crippen LogP contribution in [0, 0.1) is 0 Å². The summed E-state index contributed by atoms with van der Waals surface area (Å²) in [5, 5.41) is 2.85. The molecule has 0 fully saturated rings. The summed E-state index contributed by atoms with van der Waals surface area (Å²) in [5.74, 6) is 0.446. The lowest BCUT2D eigenvalue weighted by atomic mass is 10.2. The topological polar surface area (TPSA) is 58.6 Å². The zero-order valence-electron chi connectivity index (χ0n) is 14.6. The van der Waals surface area contributed by atoms with Gasteiger partial charge in [-0.25, -0.2) is 0 Å². The van der Waals surface area contributed by atoms with E-state index in [1.165, 1.54) is 11.8 Å². The third-order valence-electron chi connectivity index (χ3n) is 3.30. The fraction of sp³-hybridized carbons (Fsp3) is 0.556. The first kappa shape index (κ1) is 19.0. The monoisotopic (exact) mass is 320 g/mol. The highest BCUT2D eigenvalue weighted by atomic mass is 16.5. The smallest absolute Gasteiger partial charge is 0.240 e. The molecule has 128 valence electrons. The van der Waals surface area contributed by atoms with Crippen LogP contribution in [0.4, 0.5) is 5.69 Å². The highest BCUT2D eigenvalue weighted by Crippen LogP contribution is 2.20. The third-order valence-corrected chi connectivity index (χ3v) is 3.30. The number of unbranched alkanes of at least 4 members (excludes halogenated alkanes) is 2. The van der Waals surface area contributed by atoms with E-state index in [0.29, 0.717) is 12.2 Å². The van der Waals surface area contributed by atoms with Crippen molar-refractivity contribution in [2.24, 2.45) is 0 Å². The van der Waals surface area contributed by atoms with Gasteiger partial charge in [0.25, 0.3) is 0 Å². The third kappa shape index (κ3) is 7.17. The Labute approximate surface area is 139 Å². The number of amides is 2. The van der Waals surface area contributed by atoms with E-state index in [1.807, 2.05) is 26.0 Å². The number of hydrogen-bond donors (Lipinski definition) is 1. The minimum atomic E-state index is -0.161. The van der Waals surface area contributed by atoms with Gasteiger partial charge in [0, 0.05) is 19.2 Å². The molecule has 1 aromatic rings. The molecule has 0 saturated heterocycles. The second-order valence-electron chi connectivity index (χ2n) is 5.82. The lowest BCUT2D eigenvalue weighted by molar-refractivity contribution is -0.123. The van der Waals surface area contributed by atoms with Gasteiger partial charge in [0.2, 0.25) is 11.8 Å². The molecule has 0 aliphatic rings. The molecule has 0 aromatic heterocycles. The Kier molecular flexibility index (Phi) is 8.16. The molecule has 0 aliphatic heterocycles. The predicted octanol–water partition coefficient (Wildman–Crippen LogP) is 3.13. The molecule has 1 N–H and O–H groups in total. The Balaban J connectivity index is 2.63. The van der Waals surface area contributed by atoms with E-state index in [1.54, 1.807) is 12.1 Å². The van der Waals surface area contributed by atoms with Gasteiger partial charge in [0.1, 0.15) is 12.3 Å². The molecule has 23 heavy (non-hydrogen) atoms. The lowest BCUT2D eigenvalue weighted by Crippen LogP contribution is -2.40. The first-order chi connectivity index (χ1) is 10.9. The van der Waals surface area contributed by atoms with Gasteiger partial charge in [-0.05, 0) is 44.5 Å². The largest absolute Gasteiger partial charge is 0.491 e. The van der Waals surface area contributed by atoms with Crippen LogP contribution in [0.2, 0.25) is 0 Å². The Morgan fingerprint density at radius 3 is 2.35 bits per heavy atom. The number of benzene rings is 1. The highest BCUT2D eigenvalue weighted by Gasteiger charge is 2.15. The Bertz CT molecular complexity index is 497. The maximum Gasteiger partial charge on any atom is 0.240 e. The van der Waals surface area contributed by atoms with Crippen LogP contribution < -0.4 is 15.0 Å². The molecule has 2 amide bonds. The highest BCUT2D eigenvalue weighted by molar-refractivity contribution is 5.97. The van der Waals surface area contributed by atoms with Crippen LogP contribution in [-0.4, -0.2) is 31.0 Å². The van der Waals surface area contributed by atoms with Crippen molar-refractivity contribution in [1.29, 1.82) is 0 Å². The van der Waals surface area contributed by atoms with Crippen molar-refractivity contribution in [3.63, 3.8) is 0 Å². The van der Waals surface area contributed by atoms with E-state index in [4.69, 9.17) is 4.74 Å². The molecule has 5 nitrogen and oxygen atoms in total. The summed E-state index contributed by atoms with van der Waals surface area (Å²) in [5.41, 5.74) is 0.692. The summed E-state index contributed by atoms with van der Waals surface area (Å²) in [7, 11) is 0. The van der Waals surface area contributed by atoms with Gasteiger partial charge in [-0.3, -0.25) is 9.59 Å². The van der Waals surface area contributed by atoms with Gasteiger partial charge < -0.3 is 15.0 Å². The molecule has 1 aromatic carbocycles. The minimum absolute atomic E-state index is 0.0336. The quantitative estimate of drug-likeness (QED) is 0.711. The number of carbonyl (C=O) groups is 2. The van der Waals surface area contributed by atoms with Crippen molar-refractivity contribution in [2.45, 2.75) is 53.1 Å². The zero-order chi connectivity index (χ0) is 17.2. The number of anilines is 1. The van der Waals surface area contributed by atoms with Crippen LogP contribution in [0.5, 0.6) is 5.75 Å². The number of nitrogens with one attached hydrogen (secondary N) is 1. The first-order valence-corrected chi connectivity index (χ1v) is 8.25.